The third kappa shape index (κ3) is 6.19. The van der Waals surface area contributed by atoms with Crippen molar-refractivity contribution >= 4 is 9.76 Å². The third-order valence-electron chi connectivity index (χ3n) is 6.52. The normalized spacial score (nSPS) is 31.6. The van der Waals surface area contributed by atoms with Crippen molar-refractivity contribution in [3.63, 3.8) is 0 Å². The van der Waals surface area contributed by atoms with Gasteiger partial charge in [0.15, 0.2) is 16.1 Å². The Hall–Kier alpha value is -0.163. The minimum Gasteiger partial charge on any atom is -0.417 e. The average Bonchev–Trinajstić information content (AvgIpc) is 3.09. The first-order valence-electron chi connectivity index (χ1n) is 10.5. The van der Waals surface area contributed by atoms with Gasteiger partial charge in [-0.2, -0.15) is 0 Å². The Morgan fingerprint density at radius 1 is 1.28 bits per heavy atom. The Morgan fingerprint density at radius 2 is 2.04 bits per heavy atom. The molecule has 146 valence electrons. The summed E-state index contributed by atoms with van der Waals surface area (Å²) in [5.74, 6) is 1.73. The van der Waals surface area contributed by atoms with Crippen LogP contribution in [0.3, 0.4) is 0 Å². The second kappa shape index (κ2) is 9.68. The molecule has 0 aromatic rings. The van der Waals surface area contributed by atoms with E-state index in [9.17, 15) is 5.11 Å². The molecular weight excluding hydrogens is 328 g/mol. The monoisotopic (exact) mass is 368 g/mol. The van der Waals surface area contributed by atoms with E-state index in [1.807, 2.05) is 0 Å². The Kier molecular flexibility index (Phi) is 8.19. The molecule has 0 spiro atoms. The van der Waals surface area contributed by atoms with Crippen molar-refractivity contribution < 1.29 is 14.3 Å². The van der Waals surface area contributed by atoms with Crippen LogP contribution in [0.25, 0.3) is 0 Å². The lowest BCUT2D eigenvalue weighted by molar-refractivity contribution is -0.0906. The highest BCUT2D eigenvalue weighted by atomic mass is 28.2. The molecule has 5 unspecified atom stereocenters. The summed E-state index contributed by atoms with van der Waals surface area (Å²) in [6, 6.07) is 0. The first-order chi connectivity index (χ1) is 11.8. The molecule has 25 heavy (non-hydrogen) atoms. The lowest BCUT2D eigenvalue weighted by Crippen LogP contribution is -2.26. The van der Waals surface area contributed by atoms with Crippen LogP contribution in [0.15, 0.2) is 12.2 Å². The van der Waals surface area contributed by atoms with Crippen LogP contribution in [-0.4, -0.2) is 33.4 Å². The maximum atomic E-state index is 9.73. The molecule has 1 saturated carbocycles. The van der Waals surface area contributed by atoms with Gasteiger partial charge < -0.3 is 14.3 Å². The third-order valence-corrected chi connectivity index (χ3v) is 8.67. The van der Waals surface area contributed by atoms with Crippen LogP contribution in [0.5, 0.6) is 0 Å². The molecule has 0 bridgehead atoms. The molecule has 0 amide bonds. The van der Waals surface area contributed by atoms with Gasteiger partial charge in [0.25, 0.3) is 0 Å². The van der Waals surface area contributed by atoms with E-state index >= 15 is 0 Å². The molecule has 2 rings (SSSR count). The molecule has 5 atom stereocenters. The zero-order chi connectivity index (χ0) is 18.4. The van der Waals surface area contributed by atoms with Gasteiger partial charge in [-0.05, 0) is 42.1 Å². The zero-order valence-electron chi connectivity index (χ0n) is 17.0. The van der Waals surface area contributed by atoms with Crippen molar-refractivity contribution in [1.29, 1.82) is 0 Å². The van der Waals surface area contributed by atoms with E-state index in [0.717, 1.165) is 19.3 Å². The highest BCUT2D eigenvalue weighted by molar-refractivity contribution is 6.32. The van der Waals surface area contributed by atoms with Crippen LogP contribution in [-0.2, 0) is 9.16 Å². The summed E-state index contributed by atoms with van der Waals surface area (Å²) in [7, 11) is -0.573. The lowest BCUT2D eigenvalue weighted by Gasteiger charge is -2.30. The molecule has 1 saturated heterocycles. The van der Waals surface area contributed by atoms with E-state index in [1.54, 1.807) is 0 Å². The van der Waals surface area contributed by atoms with Gasteiger partial charge in [0.05, 0.1) is 12.2 Å². The second-order valence-electron chi connectivity index (χ2n) is 9.14. The van der Waals surface area contributed by atoms with Crippen molar-refractivity contribution in [2.75, 3.05) is 0 Å². The number of aliphatic hydroxyl groups is 1. The van der Waals surface area contributed by atoms with Crippen LogP contribution >= 0.6 is 0 Å². The number of hydrogen-bond donors (Lipinski definition) is 1. The summed E-state index contributed by atoms with van der Waals surface area (Å²) in [5, 5.41) is 10.1. The summed E-state index contributed by atoms with van der Waals surface area (Å²) in [5.41, 5.74) is 0. The molecule has 2 aliphatic rings. The summed E-state index contributed by atoms with van der Waals surface area (Å²) in [6.07, 6.45) is 12.8. The smallest absolute Gasteiger partial charge is 0.168 e. The van der Waals surface area contributed by atoms with Crippen LogP contribution < -0.4 is 0 Å². The van der Waals surface area contributed by atoms with Crippen LogP contribution in [0.4, 0.5) is 0 Å². The lowest BCUT2D eigenvalue weighted by atomic mass is 9.92. The molecule has 1 heterocycles. The minimum absolute atomic E-state index is 0.276. The average molecular weight is 369 g/mol. The van der Waals surface area contributed by atoms with E-state index in [4.69, 9.17) is 9.16 Å². The maximum Gasteiger partial charge on any atom is 0.168 e. The summed E-state index contributed by atoms with van der Waals surface area (Å²) < 4.78 is 12.1. The molecule has 1 N–H and O–H groups in total. The van der Waals surface area contributed by atoms with Gasteiger partial charge >= 0.3 is 0 Å². The van der Waals surface area contributed by atoms with Gasteiger partial charge in [0.2, 0.25) is 0 Å². The Labute approximate surface area is 157 Å². The van der Waals surface area contributed by atoms with E-state index in [2.05, 4.69) is 46.8 Å². The molecule has 3 nitrogen and oxygen atoms in total. The predicted octanol–water partition coefficient (Wildman–Crippen LogP) is 4.58. The molecule has 0 radical (unpaired) electrons. The first kappa shape index (κ1) is 21.1. The first-order valence-corrected chi connectivity index (χ1v) is 11.8. The van der Waals surface area contributed by atoms with E-state index in [0.29, 0.717) is 22.8 Å². The fourth-order valence-corrected chi connectivity index (χ4v) is 5.13. The molecular formula is C21H40O3Si. The van der Waals surface area contributed by atoms with Crippen molar-refractivity contribution in [1.82, 2.24) is 0 Å². The molecule has 2 fully saturated rings. The number of allylic oxidation sites excluding steroid dienone is 1. The zero-order valence-corrected chi connectivity index (χ0v) is 18.5. The number of ether oxygens (including phenoxy) is 1. The maximum absolute atomic E-state index is 9.73. The number of aliphatic hydroxyl groups excluding tert-OH is 1. The number of unbranched alkanes of at least 4 members (excludes halogenated alkanes) is 2. The van der Waals surface area contributed by atoms with Gasteiger partial charge in [-0.25, -0.2) is 0 Å². The predicted molar refractivity (Wildman–Crippen MR) is 107 cm³/mol. The standard InChI is InChI=1S/C21H40O3Si/c1-6-7-8-9-17(24-25-21(4,5)15(2)3)12-10-16-11-13-19-18(16)14-20(22)23-19/h10,12,15-20,22H,6-9,11,13-14,25H2,1-5H3/b12-10+. The highest BCUT2D eigenvalue weighted by Gasteiger charge is 2.42. The van der Waals surface area contributed by atoms with Gasteiger partial charge in [-0.15, -0.1) is 0 Å². The molecule has 4 heteroatoms. The second-order valence-corrected chi connectivity index (χ2v) is 11.6. The Balaban J connectivity index is 1.90. The molecule has 1 aliphatic heterocycles. The van der Waals surface area contributed by atoms with Gasteiger partial charge in [-0.3, -0.25) is 0 Å². The number of rotatable bonds is 10. The molecule has 0 aromatic carbocycles. The molecule has 1 aliphatic carbocycles. The number of fused-ring (bicyclic) bond motifs is 1. The van der Waals surface area contributed by atoms with Crippen molar-refractivity contribution in [3.8, 4) is 0 Å². The fraction of sp³-hybridized carbons (Fsp3) is 0.905. The van der Waals surface area contributed by atoms with E-state index < -0.39 is 16.1 Å². The SMILES string of the molecule is CCCCCC(/C=C/C1CCC2OC(O)CC12)O[SiH2]C(C)(C)C(C)C. The summed E-state index contributed by atoms with van der Waals surface area (Å²) in [4.78, 5) is 0. The quantitative estimate of drug-likeness (QED) is 0.348. The van der Waals surface area contributed by atoms with Crippen molar-refractivity contribution in [3.05, 3.63) is 12.2 Å². The van der Waals surface area contributed by atoms with E-state index in [1.165, 1.54) is 25.7 Å². The topological polar surface area (TPSA) is 38.7 Å². The Morgan fingerprint density at radius 3 is 2.72 bits per heavy atom. The van der Waals surface area contributed by atoms with Gasteiger partial charge in [0.1, 0.15) is 0 Å². The molecule has 0 aromatic heterocycles. The van der Waals surface area contributed by atoms with Crippen LogP contribution in [0.1, 0.15) is 79.6 Å². The van der Waals surface area contributed by atoms with Gasteiger partial charge in [-0.1, -0.05) is 66.0 Å². The fourth-order valence-electron chi connectivity index (χ4n) is 3.87. The summed E-state index contributed by atoms with van der Waals surface area (Å²) in [6.45, 7) is 11.6. The van der Waals surface area contributed by atoms with Crippen LogP contribution in [0.2, 0.25) is 5.04 Å². The summed E-state index contributed by atoms with van der Waals surface area (Å²) >= 11 is 0. The van der Waals surface area contributed by atoms with E-state index in [-0.39, 0.29) is 12.2 Å². The minimum atomic E-state index is -0.573. The number of hydrogen-bond acceptors (Lipinski definition) is 3. The van der Waals surface area contributed by atoms with Gasteiger partial charge in [0, 0.05) is 6.42 Å². The largest absolute Gasteiger partial charge is 0.417 e. The highest BCUT2D eigenvalue weighted by Crippen LogP contribution is 2.43. The van der Waals surface area contributed by atoms with Crippen LogP contribution in [0, 0.1) is 17.8 Å². The van der Waals surface area contributed by atoms with Crippen molar-refractivity contribution in [2.24, 2.45) is 17.8 Å². The van der Waals surface area contributed by atoms with Crippen molar-refractivity contribution in [2.45, 2.75) is 103 Å². The Bertz CT molecular complexity index is 421.